The minimum absolute atomic E-state index is 0.0216. The van der Waals surface area contributed by atoms with Gasteiger partial charge in [-0.05, 0) is 26.0 Å². The van der Waals surface area contributed by atoms with Gasteiger partial charge in [0, 0.05) is 41.3 Å². The van der Waals surface area contributed by atoms with Crippen molar-refractivity contribution < 1.29 is 4.74 Å². The highest BCUT2D eigenvalue weighted by molar-refractivity contribution is 5.41. The van der Waals surface area contributed by atoms with E-state index in [4.69, 9.17) is 10.5 Å². The van der Waals surface area contributed by atoms with Crippen LogP contribution >= 0.6 is 0 Å². The van der Waals surface area contributed by atoms with Crippen LogP contribution in [-0.2, 0) is 0 Å². The fourth-order valence-electron chi connectivity index (χ4n) is 2.03. The van der Waals surface area contributed by atoms with Gasteiger partial charge in [-0.3, -0.25) is 4.79 Å². The fourth-order valence-corrected chi connectivity index (χ4v) is 2.03. The van der Waals surface area contributed by atoms with Gasteiger partial charge in [0.25, 0.3) is 0 Å². The monoisotopic (exact) mass is 258 g/mol. The number of pyridine rings is 1. The fraction of sp³-hybridized carbons (Fsp3) is 0.267. The second-order valence-corrected chi connectivity index (χ2v) is 4.59. The van der Waals surface area contributed by atoms with Gasteiger partial charge in [-0.1, -0.05) is 6.07 Å². The largest absolute Gasteiger partial charge is 0.497 e. The molecule has 4 nitrogen and oxygen atoms in total. The number of benzene rings is 1. The first-order valence-electron chi connectivity index (χ1n) is 6.16. The summed E-state index contributed by atoms with van der Waals surface area (Å²) in [4.78, 5) is 11.9. The zero-order valence-corrected chi connectivity index (χ0v) is 11.4. The molecule has 2 N–H and O–H groups in total. The van der Waals surface area contributed by atoms with Crippen molar-refractivity contribution in [1.82, 2.24) is 4.57 Å². The van der Waals surface area contributed by atoms with E-state index >= 15 is 0 Å². The number of ether oxygens (including phenoxy) is 1. The molecule has 1 unspecified atom stereocenters. The molecule has 1 aromatic carbocycles. The lowest BCUT2D eigenvalue weighted by atomic mass is 10.1. The molecular weight excluding hydrogens is 240 g/mol. The highest BCUT2D eigenvalue weighted by Gasteiger charge is 2.09. The summed E-state index contributed by atoms with van der Waals surface area (Å²) in [5.41, 5.74) is 8.22. The van der Waals surface area contributed by atoms with Crippen molar-refractivity contribution in [2.75, 3.05) is 7.11 Å². The normalized spacial score (nSPS) is 12.2. The van der Waals surface area contributed by atoms with Gasteiger partial charge in [0.1, 0.15) is 5.75 Å². The molecule has 0 spiro atoms. The number of rotatable bonds is 3. The van der Waals surface area contributed by atoms with Crippen LogP contribution in [0.25, 0.3) is 5.69 Å². The van der Waals surface area contributed by atoms with Crippen molar-refractivity contribution in [3.05, 3.63) is 58.0 Å². The predicted molar refractivity (Wildman–Crippen MR) is 75.9 cm³/mol. The van der Waals surface area contributed by atoms with Crippen molar-refractivity contribution in [1.29, 1.82) is 0 Å². The Hall–Kier alpha value is -2.07. The van der Waals surface area contributed by atoms with E-state index in [9.17, 15) is 4.79 Å². The summed E-state index contributed by atoms with van der Waals surface area (Å²) >= 11 is 0. The summed E-state index contributed by atoms with van der Waals surface area (Å²) in [7, 11) is 1.63. The van der Waals surface area contributed by atoms with Gasteiger partial charge < -0.3 is 15.0 Å². The zero-order valence-electron chi connectivity index (χ0n) is 11.4. The van der Waals surface area contributed by atoms with Gasteiger partial charge in [0.2, 0.25) is 0 Å². The molecule has 0 saturated carbocycles. The Morgan fingerprint density at radius 1 is 1.32 bits per heavy atom. The van der Waals surface area contributed by atoms with E-state index in [1.807, 2.05) is 42.7 Å². The topological polar surface area (TPSA) is 57.2 Å². The molecule has 0 amide bonds. The maximum Gasteiger partial charge on any atom is 0.186 e. The summed E-state index contributed by atoms with van der Waals surface area (Å²) in [6.45, 7) is 3.70. The lowest BCUT2D eigenvalue weighted by Gasteiger charge is -2.15. The highest BCUT2D eigenvalue weighted by Crippen LogP contribution is 2.18. The van der Waals surface area contributed by atoms with E-state index in [0.29, 0.717) is 5.56 Å². The highest BCUT2D eigenvalue weighted by atomic mass is 16.5. The van der Waals surface area contributed by atoms with E-state index in [1.54, 1.807) is 19.4 Å². The Bertz CT molecular complexity index is 645. The van der Waals surface area contributed by atoms with Gasteiger partial charge in [0.05, 0.1) is 7.11 Å². The maximum atomic E-state index is 11.9. The molecule has 0 aliphatic rings. The third-order valence-electron chi connectivity index (χ3n) is 3.09. The van der Waals surface area contributed by atoms with Crippen molar-refractivity contribution in [3.8, 4) is 11.4 Å². The smallest absolute Gasteiger partial charge is 0.186 e. The SMILES string of the molecule is COc1cccc(-n2cc(C(C)N)c(=O)cc2C)c1. The van der Waals surface area contributed by atoms with Crippen LogP contribution in [0.2, 0.25) is 0 Å². The Morgan fingerprint density at radius 3 is 2.68 bits per heavy atom. The second kappa shape index (κ2) is 5.28. The van der Waals surface area contributed by atoms with Crippen LogP contribution in [0, 0.1) is 6.92 Å². The van der Waals surface area contributed by atoms with Crippen molar-refractivity contribution in [2.45, 2.75) is 19.9 Å². The van der Waals surface area contributed by atoms with Crippen LogP contribution in [0.15, 0.2) is 41.3 Å². The number of methoxy groups -OCH3 is 1. The molecule has 0 saturated heterocycles. The molecule has 19 heavy (non-hydrogen) atoms. The Kier molecular flexibility index (Phi) is 3.71. The molecule has 0 aliphatic heterocycles. The molecule has 0 radical (unpaired) electrons. The summed E-state index contributed by atoms with van der Waals surface area (Å²) < 4.78 is 7.16. The second-order valence-electron chi connectivity index (χ2n) is 4.59. The first-order valence-corrected chi connectivity index (χ1v) is 6.16. The molecule has 0 bridgehead atoms. The summed E-state index contributed by atoms with van der Waals surface area (Å²) in [5.74, 6) is 0.776. The van der Waals surface area contributed by atoms with Crippen molar-refractivity contribution in [3.63, 3.8) is 0 Å². The average Bonchev–Trinajstić information content (AvgIpc) is 2.38. The quantitative estimate of drug-likeness (QED) is 0.918. The summed E-state index contributed by atoms with van der Waals surface area (Å²) in [6, 6.07) is 9.00. The van der Waals surface area contributed by atoms with Gasteiger partial charge >= 0.3 is 0 Å². The molecule has 1 heterocycles. The third-order valence-corrected chi connectivity index (χ3v) is 3.09. The Morgan fingerprint density at radius 2 is 2.05 bits per heavy atom. The standard InChI is InChI=1S/C15H18N2O2/c1-10-7-15(18)14(11(2)16)9-17(10)12-5-4-6-13(8-12)19-3/h4-9,11H,16H2,1-3H3. The Balaban J connectivity index is 2.61. The van der Waals surface area contributed by atoms with Crippen LogP contribution < -0.4 is 15.9 Å². The average molecular weight is 258 g/mol. The maximum absolute atomic E-state index is 11.9. The van der Waals surface area contributed by atoms with E-state index in [2.05, 4.69) is 0 Å². The molecule has 0 aliphatic carbocycles. The molecule has 100 valence electrons. The number of aryl methyl sites for hydroxylation is 1. The van der Waals surface area contributed by atoms with Crippen LogP contribution in [0.5, 0.6) is 5.75 Å². The van der Waals surface area contributed by atoms with Gasteiger partial charge in [-0.25, -0.2) is 0 Å². The van der Waals surface area contributed by atoms with E-state index in [-0.39, 0.29) is 11.5 Å². The minimum Gasteiger partial charge on any atom is -0.497 e. The van der Waals surface area contributed by atoms with Crippen molar-refractivity contribution in [2.24, 2.45) is 5.73 Å². The van der Waals surface area contributed by atoms with E-state index in [1.165, 1.54) is 0 Å². The number of hydrogen-bond donors (Lipinski definition) is 1. The van der Waals surface area contributed by atoms with Gasteiger partial charge in [-0.2, -0.15) is 0 Å². The molecule has 0 fully saturated rings. The third kappa shape index (κ3) is 2.69. The lowest BCUT2D eigenvalue weighted by Crippen LogP contribution is -2.20. The van der Waals surface area contributed by atoms with Crippen LogP contribution in [0.3, 0.4) is 0 Å². The van der Waals surface area contributed by atoms with Gasteiger partial charge in [0.15, 0.2) is 5.43 Å². The molecule has 2 rings (SSSR count). The van der Waals surface area contributed by atoms with Crippen LogP contribution in [-0.4, -0.2) is 11.7 Å². The first-order chi connectivity index (χ1) is 9.02. The van der Waals surface area contributed by atoms with Crippen LogP contribution in [0.4, 0.5) is 0 Å². The molecule has 4 heteroatoms. The number of hydrogen-bond acceptors (Lipinski definition) is 3. The molecule has 2 aromatic rings. The number of aromatic nitrogens is 1. The zero-order chi connectivity index (χ0) is 14.0. The summed E-state index contributed by atoms with van der Waals surface area (Å²) in [6.07, 6.45) is 1.80. The van der Waals surface area contributed by atoms with Crippen molar-refractivity contribution >= 4 is 0 Å². The first kappa shape index (κ1) is 13.4. The van der Waals surface area contributed by atoms with E-state index in [0.717, 1.165) is 17.1 Å². The number of nitrogens with zero attached hydrogens (tertiary/aromatic N) is 1. The van der Waals surface area contributed by atoms with E-state index < -0.39 is 0 Å². The molecule has 1 aromatic heterocycles. The molecular formula is C15H18N2O2. The van der Waals surface area contributed by atoms with Gasteiger partial charge in [-0.15, -0.1) is 0 Å². The summed E-state index contributed by atoms with van der Waals surface area (Å²) in [5, 5.41) is 0. The van der Waals surface area contributed by atoms with Crippen LogP contribution in [0.1, 0.15) is 24.2 Å². The molecule has 1 atom stereocenters. The minimum atomic E-state index is -0.287. The number of nitrogens with two attached hydrogens (primary N) is 1. The lowest BCUT2D eigenvalue weighted by molar-refractivity contribution is 0.414. The Labute approximate surface area is 112 Å². The predicted octanol–water partition coefficient (Wildman–Crippen LogP) is 2.17.